The molecule has 0 bridgehead atoms. The van der Waals surface area contributed by atoms with E-state index in [0.717, 1.165) is 5.56 Å². The predicted molar refractivity (Wildman–Crippen MR) is 77.5 cm³/mol. The molecule has 20 heavy (non-hydrogen) atoms. The molecule has 2 aromatic carbocycles. The monoisotopic (exact) mass is 339 g/mol. The van der Waals surface area contributed by atoms with Gasteiger partial charge in [0.05, 0.1) is 5.69 Å². The molecule has 2 aromatic rings. The number of benzene rings is 2. The van der Waals surface area contributed by atoms with Gasteiger partial charge in [0.2, 0.25) is 5.91 Å². The van der Waals surface area contributed by atoms with Crippen LogP contribution in [0, 0.1) is 11.6 Å². The van der Waals surface area contributed by atoms with Crippen LogP contribution in [0.5, 0.6) is 0 Å². The van der Waals surface area contributed by atoms with Crippen LogP contribution in [0.3, 0.4) is 0 Å². The fraction of sp³-hybridized carbons (Fsp3) is 0.133. The summed E-state index contributed by atoms with van der Waals surface area (Å²) >= 11 is 3.15. The van der Waals surface area contributed by atoms with Crippen LogP contribution in [-0.2, 0) is 11.2 Å². The smallest absolute Gasteiger partial charge is 0.224 e. The molecule has 0 aromatic heterocycles. The normalized spacial score (nSPS) is 10.3. The molecule has 5 heteroatoms. The number of halogens is 3. The van der Waals surface area contributed by atoms with E-state index in [-0.39, 0.29) is 23.8 Å². The number of hydrogen-bond donors (Lipinski definition) is 1. The van der Waals surface area contributed by atoms with Crippen molar-refractivity contribution in [2.75, 3.05) is 5.32 Å². The van der Waals surface area contributed by atoms with Crippen LogP contribution in [0.1, 0.15) is 12.0 Å². The van der Waals surface area contributed by atoms with Gasteiger partial charge >= 0.3 is 0 Å². The Bertz CT molecular complexity index is 614. The zero-order valence-electron chi connectivity index (χ0n) is 10.5. The van der Waals surface area contributed by atoms with E-state index in [0.29, 0.717) is 10.9 Å². The van der Waals surface area contributed by atoms with E-state index in [1.807, 2.05) is 0 Å². The summed E-state index contributed by atoms with van der Waals surface area (Å²) in [5.41, 5.74) is 1.01. The van der Waals surface area contributed by atoms with Gasteiger partial charge < -0.3 is 5.32 Å². The quantitative estimate of drug-likeness (QED) is 0.884. The van der Waals surface area contributed by atoms with Crippen molar-refractivity contribution in [1.29, 1.82) is 0 Å². The number of anilines is 1. The first kappa shape index (κ1) is 14.7. The molecule has 104 valence electrons. The van der Waals surface area contributed by atoms with Crippen LogP contribution in [-0.4, -0.2) is 5.91 Å². The van der Waals surface area contributed by atoms with Crippen molar-refractivity contribution in [3.8, 4) is 0 Å². The molecule has 0 aliphatic rings. The molecule has 0 atom stereocenters. The Morgan fingerprint density at radius 1 is 1.10 bits per heavy atom. The molecule has 1 amide bonds. The van der Waals surface area contributed by atoms with Gasteiger partial charge in [-0.2, -0.15) is 0 Å². The summed E-state index contributed by atoms with van der Waals surface area (Å²) < 4.78 is 26.9. The molecule has 0 saturated carbocycles. The second kappa shape index (κ2) is 6.61. The van der Waals surface area contributed by atoms with Gasteiger partial charge in [0, 0.05) is 10.9 Å². The highest BCUT2D eigenvalue weighted by molar-refractivity contribution is 9.10. The molecule has 1 N–H and O–H groups in total. The number of aryl methyl sites for hydroxylation is 1. The first-order valence-electron chi connectivity index (χ1n) is 6.04. The molecule has 0 aliphatic carbocycles. The molecular weight excluding hydrogens is 328 g/mol. The van der Waals surface area contributed by atoms with Crippen molar-refractivity contribution in [3.63, 3.8) is 0 Å². The van der Waals surface area contributed by atoms with E-state index in [2.05, 4.69) is 21.2 Å². The second-order valence-electron chi connectivity index (χ2n) is 4.30. The van der Waals surface area contributed by atoms with Gasteiger partial charge in [-0.25, -0.2) is 8.78 Å². The molecule has 0 aliphatic heterocycles. The Hall–Kier alpha value is -1.75. The van der Waals surface area contributed by atoms with Crippen molar-refractivity contribution in [2.45, 2.75) is 12.8 Å². The van der Waals surface area contributed by atoms with Gasteiger partial charge in [-0.15, -0.1) is 0 Å². The van der Waals surface area contributed by atoms with Crippen LogP contribution in [0.4, 0.5) is 14.5 Å². The molecule has 0 heterocycles. The summed E-state index contributed by atoms with van der Waals surface area (Å²) in [5.74, 6) is -1.08. The first-order chi connectivity index (χ1) is 9.54. The Labute approximate surface area is 123 Å². The third-order valence-electron chi connectivity index (χ3n) is 2.76. The van der Waals surface area contributed by atoms with Gasteiger partial charge in [-0.1, -0.05) is 28.1 Å². The van der Waals surface area contributed by atoms with Crippen molar-refractivity contribution in [1.82, 2.24) is 0 Å². The maximum Gasteiger partial charge on any atom is 0.224 e. The Morgan fingerprint density at radius 2 is 1.80 bits per heavy atom. The number of amides is 1. The summed E-state index contributed by atoms with van der Waals surface area (Å²) in [7, 11) is 0. The van der Waals surface area contributed by atoms with Crippen molar-refractivity contribution in [3.05, 3.63) is 64.1 Å². The summed E-state index contributed by atoms with van der Waals surface area (Å²) in [6.45, 7) is 0. The number of hydrogen-bond acceptors (Lipinski definition) is 1. The lowest BCUT2D eigenvalue weighted by Crippen LogP contribution is -2.13. The van der Waals surface area contributed by atoms with Gasteiger partial charge in [-0.3, -0.25) is 4.79 Å². The Kier molecular flexibility index (Phi) is 4.84. The summed E-state index contributed by atoms with van der Waals surface area (Å²) in [4.78, 5) is 11.7. The standard InChI is InChI=1S/C15H12BrF2NO/c16-11-4-7-14(13(18)9-11)19-15(20)8-3-10-1-5-12(17)6-2-10/h1-2,4-7,9H,3,8H2,(H,19,20). The van der Waals surface area contributed by atoms with Crippen molar-refractivity contribution in [2.24, 2.45) is 0 Å². The highest BCUT2D eigenvalue weighted by Crippen LogP contribution is 2.19. The third kappa shape index (κ3) is 4.13. The van der Waals surface area contributed by atoms with Crippen LogP contribution in [0.15, 0.2) is 46.9 Å². The van der Waals surface area contributed by atoms with E-state index in [1.54, 1.807) is 18.2 Å². The lowest BCUT2D eigenvalue weighted by atomic mass is 10.1. The number of rotatable bonds is 4. The topological polar surface area (TPSA) is 29.1 Å². The zero-order valence-corrected chi connectivity index (χ0v) is 12.1. The Balaban J connectivity index is 1.90. The molecular formula is C15H12BrF2NO. The second-order valence-corrected chi connectivity index (χ2v) is 5.21. The molecule has 0 saturated heterocycles. The summed E-state index contributed by atoms with van der Waals surface area (Å²) in [5, 5.41) is 2.51. The fourth-order valence-corrected chi connectivity index (χ4v) is 2.05. The summed E-state index contributed by atoms with van der Waals surface area (Å²) in [6, 6.07) is 10.4. The SMILES string of the molecule is O=C(CCc1ccc(F)cc1)Nc1ccc(Br)cc1F. The molecule has 2 rings (SSSR count). The maximum absolute atomic E-state index is 13.5. The van der Waals surface area contributed by atoms with Crippen LogP contribution < -0.4 is 5.32 Å². The average Bonchev–Trinajstić information content (AvgIpc) is 2.41. The van der Waals surface area contributed by atoms with E-state index in [4.69, 9.17) is 0 Å². The number of nitrogens with one attached hydrogen (secondary N) is 1. The fourth-order valence-electron chi connectivity index (χ4n) is 1.71. The van der Waals surface area contributed by atoms with E-state index in [1.165, 1.54) is 24.3 Å². The average molecular weight is 340 g/mol. The van der Waals surface area contributed by atoms with Gasteiger partial charge in [0.15, 0.2) is 0 Å². The summed E-state index contributed by atoms with van der Waals surface area (Å²) in [6.07, 6.45) is 0.686. The van der Waals surface area contributed by atoms with E-state index in [9.17, 15) is 13.6 Å². The highest BCUT2D eigenvalue weighted by atomic mass is 79.9. The molecule has 0 unspecified atom stereocenters. The minimum Gasteiger partial charge on any atom is -0.324 e. The minimum atomic E-state index is -0.491. The zero-order chi connectivity index (χ0) is 14.5. The highest BCUT2D eigenvalue weighted by Gasteiger charge is 2.07. The number of carbonyl (C=O) groups is 1. The largest absolute Gasteiger partial charge is 0.324 e. The van der Waals surface area contributed by atoms with Crippen LogP contribution in [0.25, 0.3) is 0 Å². The van der Waals surface area contributed by atoms with Gasteiger partial charge in [0.1, 0.15) is 11.6 Å². The Morgan fingerprint density at radius 3 is 2.45 bits per heavy atom. The van der Waals surface area contributed by atoms with Gasteiger partial charge in [0.25, 0.3) is 0 Å². The molecule has 2 nitrogen and oxygen atoms in total. The van der Waals surface area contributed by atoms with E-state index >= 15 is 0 Å². The molecule has 0 radical (unpaired) electrons. The maximum atomic E-state index is 13.5. The number of carbonyl (C=O) groups excluding carboxylic acids is 1. The lowest BCUT2D eigenvalue weighted by molar-refractivity contribution is -0.116. The molecule has 0 spiro atoms. The van der Waals surface area contributed by atoms with Crippen LogP contribution >= 0.6 is 15.9 Å². The third-order valence-corrected chi connectivity index (χ3v) is 3.25. The van der Waals surface area contributed by atoms with Crippen LogP contribution in [0.2, 0.25) is 0 Å². The van der Waals surface area contributed by atoms with Crippen molar-refractivity contribution >= 4 is 27.5 Å². The predicted octanol–water partition coefficient (Wildman–Crippen LogP) is 4.30. The van der Waals surface area contributed by atoms with E-state index < -0.39 is 5.82 Å². The van der Waals surface area contributed by atoms with Crippen molar-refractivity contribution < 1.29 is 13.6 Å². The van der Waals surface area contributed by atoms with Gasteiger partial charge in [-0.05, 0) is 42.3 Å². The molecule has 0 fully saturated rings. The minimum absolute atomic E-state index is 0.150. The lowest BCUT2D eigenvalue weighted by Gasteiger charge is -2.07. The first-order valence-corrected chi connectivity index (χ1v) is 6.83.